The van der Waals surface area contributed by atoms with Gasteiger partial charge in [0.1, 0.15) is 0 Å². The third-order valence-electron chi connectivity index (χ3n) is 4.62. The third-order valence-corrected chi connectivity index (χ3v) is 7.07. The van der Waals surface area contributed by atoms with E-state index >= 15 is 0 Å². The maximum absolute atomic E-state index is 12.7. The van der Waals surface area contributed by atoms with Crippen molar-refractivity contribution in [2.45, 2.75) is 56.9 Å². The first-order valence-electron chi connectivity index (χ1n) is 7.44. The van der Waals surface area contributed by atoms with Gasteiger partial charge in [-0.15, -0.1) is 0 Å². The SMILES string of the molecule is CNC1CC(C)CC(C)C1S(=O)(=O)CC1CCCO1. The molecular weight excluding hydrogens is 262 g/mol. The number of hydrogen-bond acceptors (Lipinski definition) is 4. The maximum atomic E-state index is 12.7. The third kappa shape index (κ3) is 3.50. The Morgan fingerprint density at radius 1 is 1.26 bits per heavy atom. The Morgan fingerprint density at radius 2 is 2.00 bits per heavy atom. The molecule has 0 spiro atoms. The molecule has 1 N–H and O–H groups in total. The van der Waals surface area contributed by atoms with Gasteiger partial charge in [0.05, 0.1) is 17.1 Å². The molecule has 5 heteroatoms. The predicted octanol–water partition coefficient (Wildman–Crippen LogP) is 1.60. The predicted molar refractivity (Wildman–Crippen MR) is 77.0 cm³/mol. The lowest BCUT2D eigenvalue weighted by Gasteiger charge is -2.39. The van der Waals surface area contributed by atoms with Crippen LogP contribution >= 0.6 is 0 Å². The molecule has 0 aromatic carbocycles. The minimum Gasteiger partial charge on any atom is -0.377 e. The fourth-order valence-corrected chi connectivity index (χ4v) is 6.43. The van der Waals surface area contributed by atoms with Gasteiger partial charge in [0, 0.05) is 12.6 Å². The molecule has 2 aliphatic rings. The molecule has 1 heterocycles. The molecule has 0 radical (unpaired) electrons. The second-order valence-electron chi connectivity index (χ2n) is 6.38. The van der Waals surface area contributed by atoms with Gasteiger partial charge in [0.25, 0.3) is 0 Å². The first-order chi connectivity index (χ1) is 8.94. The Morgan fingerprint density at radius 3 is 2.58 bits per heavy atom. The molecule has 5 atom stereocenters. The van der Waals surface area contributed by atoms with Crippen LogP contribution in [0, 0.1) is 11.8 Å². The zero-order chi connectivity index (χ0) is 14.0. The standard InChI is InChI=1S/C14H27NO3S/c1-10-7-11(2)14(13(8-10)15-3)19(16,17)9-12-5-4-6-18-12/h10-15H,4-9H2,1-3H3. The van der Waals surface area contributed by atoms with Crippen molar-refractivity contribution in [1.29, 1.82) is 0 Å². The second-order valence-corrected chi connectivity index (χ2v) is 8.58. The molecule has 1 saturated heterocycles. The molecule has 0 amide bonds. The lowest BCUT2D eigenvalue weighted by molar-refractivity contribution is 0.126. The van der Waals surface area contributed by atoms with Crippen molar-refractivity contribution in [2.75, 3.05) is 19.4 Å². The van der Waals surface area contributed by atoms with Crippen LogP contribution in [-0.2, 0) is 14.6 Å². The quantitative estimate of drug-likeness (QED) is 0.854. The van der Waals surface area contributed by atoms with Crippen molar-refractivity contribution in [2.24, 2.45) is 11.8 Å². The maximum Gasteiger partial charge on any atom is 0.157 e. The molecule has 1 saturated carbocycles. The van der Waals surface area contributed by atoms with E-state index in [0.29, 0.717) is 12.5 Å². The zero-order valence-corrected chi connectivity index (χ0v) is 13.1. The van der Waals surface area contributed by atoms with Gasteiger partial charge >= 0.3 is 0 Å². The molecule has 0 aromatic rings. The van der Waals surface area contributed by atoms with Gasteiger partial charge in [-0.05, 0) is 44.6 Å². The Bertz CT molecular complexity index is 389. The molecule has 1 aliphatic carbocycles. The van der Waals surface area contributed by atoms with Crippen LogP contribution in [0.4, 0.5) is 0 Å². The first-order valence-corrected chi connectivity index (χ1v) is 9.16. The van der Waals surface area contributed by atoms with Crippen molar-refractivity contribution < 1.29 is 13.2 Å². The topological polar surface area (TPSA) is 55.4 Å². The van der Waals surface area contributed by atoms with Crippen LogP contribution in [0.25, 0.3) is 0 Å². The molecule has 2 rings (SSSR count). The summed E-state index contributed by atoms with van der Waals surface area (Å²) in [5, 5.41) is 2.97. The van der Waals surface area contributed by atoms with Crippen molar-refractivity contribution in [3.8, 4) is 0 Å². The summed E-state index contributed by atoms with van der Waals surface area (Å²) in [7, 11) is -1.21. The zero-order valence-electron chi connectivity index (χ0n) is 12.3. The van der Waals surface area contributed by atoms with E-state index in [0.717, 1.165) is 25.7 Å². The fraction of sp³-hybridized carbons (Fsp3) is 1.00. The smallest absolute Gasteiger partial charge is 0.157 e. The highest BCUT2D eigenvalue weighted by atomic mass is 32.2. The van der Waals surface area contributed by atoms with Gasteiger partial charge in [0.2, 0.25) is 0 Å². The molecule has 0 bridgehead atoms. The van der Waals surface area contributed by atoms with E-state index < -0.39 is 9.84 Å². The number of rotatable bonds is 4. The summed E-state index contributed by atoms with van der Waals surface area (Å²) in [6.45, 7) is 5.01. The highest BCUT2D eigenvalue weighted by molar-refractivity contribution is 7.92. The summed E-state index contributed by atoms with van der Waals surface area (Å²) in [6.07, 6.45) is 3.77. The van der Waals surface area contributed by atoms with Gasteiger partial charge in [-0.3, -0.25) is 0 Å². The normalized spacial score (nSPS) is 40.5. The van der Waals surface area contributed by atoms with Gasteiger partial charge in [0.15, 0.2) is 9.84 Å². The molecule has 1 aliphatic heterocycles. The van der Waals surface area contributed by atoms with E-state index in [1.54, 1.807) is 0 Å². The van der Waals surface area contributed by atoms with Crippen LogP contribution < -0.4 is 5.32 Å². The summed E-state index contributed by atoms with van der Waals surface area (Å²) >= 11 is 0. The molecule has 112 valence electrons. The van der Waals surface area contributed by atoms with E-state index in [2.05, 4.69) is 19.2 Å². The lowest BCUT2D eigenvalue weighted by atomic mass is 9.80. The number of nitrogens with one attached hydrogen (secondary N) is 1. The Hall–Kier alpha value is -0.130. The minimum atomic E-state index is -3.09. The van der Waals surface area contributed by atoms with Gasteiger partial charge in [-0.2, -0.15) is 0 Å². The molecule has 5 unspecified atom stereocenters. The van der Waals surface area contributed by atoms with Crippen LogP contribution in [0.15, 0.2) is 0 Å². The monoisotopic (exact) mass is 289 g/mol. The summed E-state index contributed by atoms with van der Waals surface area (Å²) < 4.78 is 30.9. The number of sulfone groups is 1. The van der Waals surface area contributed by atoms with Crippen LogP contribution in [0.3, 0.4) is 0 Å². The highest BCUT2D eigenvalue weighted by Crippen LogP contribution is 2.34. The van der Waals surface area contributed by atoms with Crippen molar-refractivity contribution >= 4 is 9.84 Å². The van der Waals surface area contributed by atoms with E-state index in [4.69, 9.17) is 4.74 Å². The van der Waals surface area contributed by atoms with Crippen molar-refractivity contribution in [3.05, 3.63) is 0 Å². The lowest BCUT2D eigenvalue weighted by Crippen LogP contribution is -2.52. The number of ether oxygens (including phenoxy) is 1. The van der Waals surface area contributed by atoms with Crippen LogP contribution in [0.5, 0.6) is 0 Å². The first kappa shape index (κ1) is 15.3. The van der Waals surface area contributed by atoms with Crippen molar-refractivity contribution in [1.82, 2.24) is 5.32 Å². The van der Waals surface area contributed by atoms with Gasteiger partial charge < -0.3 is 10.1 Å². The van der Waals surface area contributed by atoms with Crippen LogP contribution in [0.2, 0.25) is 0 Å². The van der Waals surface area contributed by atoms with Crippen molar-refractivity contribution in [3.63, 3.8) is 0 Å². The van der Waals surface area contributed by atoms with Crippen LogP contribution in [0.1, 0.15) is 39.5 Å². The number of hydrogen-bond donors (Lipinski definition) is 1. The van der Waals surface area contributed by atoms with Gasteiger partial charge in [-0.25, -0.2) is 8.42 Å². The summed E-state index contributed by atoms with van der Waals surface area (Å²) in [5.74, 6) is 1.03. The molecule has 0 aromatic heterocycles. The summed E-state index contributed by atoms with van der Waals surface area (Å²) in [4.78, 5) is 0. The average molecular weight is 289 g/mol. The Kier molecular flexibility index (Phi) is 4.90. The second kappa shape index (κ2) is 6.10. The Labute approximate surface area is 117 Å². The fourth-order valence-electron chi connectivity index (χ4n) is 3.86. The Balaban J connectivity index is 2.11. The summed E-state index contributed by atoms with van der Waals surface area (Å²) in [6, 6.07) is 0.0881. The average Bonchev–Trinajstić information content (AvgIpc) is 2.79. The van der Waals surface area contributed by atoms with Gasteiger partial charge in [-0.1, -0.05) is 13.8 Å². The largest absolute Gasteiger partial charge is 0.377 e. The molecular formula is C14H27NO3S. The highest BCUT2D eigenvalue weighted by Gasteiger charge is 2.42. The summed E-state index contributed by atoms with van der Waals surface area (Å²) in [5.41, 5.74) is 0. The molecule has 4 nitrogen and oxygen atoms in total. The van der Waals surface area contributed by atoms with E-state index in [1.807, 2.05) is 7.05 Å². The molecule has 2 fully saturated rings. The molecule has 19 heavy (non-hydrogen) atoms. The van der Waals surface area contributed by atoms with Crippen LogP contribution in [-0.4, -0.2) is 45.2 Å². The minimum absolute atomic E-state index is 0.0749. The van der Waals surface area contributed by atoms with E-state index in [9.17, 15) is 8.42 Å². The van der Waals surface area contributed by atoms with E-state index in [-0.39, 0.29) is 29.1 Å². The van der Waals surface area contributed by atoms with E-state index in [1.165, 1.54) is 0 Å².